The molecule has 0 radical (unpaired) electrons. The molecule has 3 rings (SSSR count). The van der Waals surface area contributed by atoms with Gasteiger partial charge in [-0.15, -0.1) is 0 Å². The van der Waals surface area contributed by atoms with Crippen LogP contribution in [0.15, 0.2) is 47.4 Å². The molecule has 2 aromatic carbocycles. The molecule has 2 amide bonds. The minimum atomic E-state index is -3.73. The highest BCUT2D eigenvalue weighted by Crippen LogP contribution is 2.23. The van der Waals surface area contributed by atoms with E-state index in [1.165, 1.54) is 16.4 Å². The van der Waals surface area contributed by atoms with Gasteiger partial charge in [-0.25, -0.2) is 8.42 Å². The van der Waals surface area contributed by atoms with Gasteiger partial charge in [-0.1, -0.05) is 23.8 Å². The number of hydrogen-bond donors (Lipinski definition) is 2. The Bertz CT molecular complexity index is 1160. The van der Waals surface area contributed by atoms with Gasteiger partial charge in [0.25, 0.3) is 11.8 Å². The molecule has 2 aromatic rings. The summed E-state index contributed by atoms with van der Waals surface area (Å²) in [4.78, 5) is 36.3. The zero-order valence-electron chi connectivity index (χ0n) is 19.0. The summed E-state index contributed by atoms with van der Waals surface area (Å²) in [5.74, 6) is -1.85. The van der Waals surface area contributed by atoms with Crippen molar-refractivity contribution >= 4 is 33.5 Å². The molecule has 10 nitrogen and oxygen atoms in total. The van der Waals surface area contributed by atoms with Gasteiger partial charge in [0.1, 0.15) is 6.54 Å². The molecule has 11 heteroatoms. The number of morpholine rings is 1. The molecule has 0 bridgehead atoms. The topological polar surface area (TPSA) is 131 Å². The fourth-order valence-electron chi connectivity index (χ4n) is 3.18. The van der Waals surface area contributed by atoms with Crippen molar-refractivity contribution < 1.29 is 32.3 Å². The van der Waals surface area contributed by atoms with Crippen LogP contribution in [0.2, 0.25) is 0 Å². The van der Waals surface area contributed by atoms with Gasteiger partial charge in [0.15, 0.2) is 6.61 Å². The smallest absolute Gasteiger partial charge is 0.325 e. The second kappa shape index (κ2) is 11.2. The Morgan fingerprint density at radius 2 is 1.71 bits per heavy atom. The van der Waals surface area contributed by atoms with Gasteiger partial charge in [-0.05, 0) is 43.7 Å². The summed E-state index contributed by atoms with van der Waals surface area (Å²) >= 11 is 0. The SMILES string of the molecule is Cc1ccc(C(=O)NCC(=O)OCC(=O)Nc2cc(S(=O)(=O)N3CCOCC3)ccc2C)cc1. The van der Waals surface area contributed by atoms with Gasteiger partial charge in [-0.3, -0.25) is 14.4 Å². The number of sulfonamides is 1. The first-order chi connectivity index (χ1) is 16.2. The minimum absolute atomic E-state index is 0.0473. The molecule has 1 saturated heterocycles. The Kier molecular flexibility index (Phi) is 8.37. The third-order valence-corrected chi connectivity index (χ3v) is 7.06. The van der Waals surface area contributed by atoms with Crippen molar-refractivity contribution in [3.8, 4) is 0 Å². The zero-order valence-corrected chi connectivity index (χ0v) is 19.8. The molecule has 0 saturated carbocycles. The summed E-state index contributed by atoms with van der Waals surface area (Å²) in [5, 5.41) is 5.00. The van der Waals surface area contributed by atoms with Crippen molar-refractivity contribution in [2.75, 3.05) is 44.8 Å². The van der Waals surface area contributed by atoms with E-state index in [1.54, 1.807) is 37.3 Å². The Hall–Kier alpha value is -3.28. The van der Waals surface area contributed by atoms with Gasteiger partial charge in [0.2, 0.25) is 10.0 Å². The van der Waals surface area contributed by atoms with Crippen molar-refractivity contribution in [2.24, 2.45) is 0 Å². The van der Waals surface area contributed by atoms with Gasteiger partial charge >= 0.3 is 5.97 Å². The van der Waals surface area contributed by atoms with E-state index < -0.39 is 41.0 Å². The van der Waals surface area contributed by atoms with Crippen LogP contribution in [0.5, 0.6) is 0 Å². The standard InChI is InChI=1S/C23H27N3O7S/c1-16-3-6-18(7-4-16)23(29)24-14-22(28)33-15-21(27)25-20-13-19(8-5-17(20)2)34(30,31)26-9-11-32-12-10-26/h3-8,13H,9-12,14-15H2,1-2H3,(H,24,29)(H,25,27). The quantitative estimate of drug-likeness (QED) is 0.533. The highest BCUT2D eigenvalue weighted by Gasteiger charge is 2.27. The van der Waals surface area contributed by atoms with Gasteiger partial charge in [0, 0.05) is 24.3 Å². The van der Waals surface area contributed by atoms with Crippen LogP contribution >= 0.6 is 0 Å². The third-order valence-electron chi connectivity index (χ3n) is 5.16. The molecule has 34 heavy (non-hydrogen) atoms. The molecule has 1 fully saturated rings. The maximum Gasteiger partial charge on any atom is 0.325 e. The fourth-order valence-corrected chi connectivity index (χ4v) is 4.61. The van der Waals surface area contributed by atoms with Crippen molar-refractivity contribution in [1.82, 2.24) is 9.62 Å². The van der Waals surface area contributed by atoms with Crippen LogP contribution in [0.3, 0.4) is 0 Å². The number of nitrogens with one attached hydrogen (secondary N) is 2. The monoisotopic (exact) mass is 489 g/mol. The molecule has 1 aliphatic heterocycles. The highest BCUT2D eigenvalue weighted by molar-refractivity contribution is 7.89. The average Bonchev–Trinajstić information content (AvgIpc) is 2.83. The first-order valence-corrected chi connectivity index (χ1v) is 12.1. The predicted molar refractivity (Wildman–Crippen MR) is 124 cm³/mol. The number of ether oxygens (including phenoxy) is 2. The first-order valence-electron chi connectivity index (χ1n) is 10.7. The van der Waals surface area contributed by atoms with Crippen LogP contribution in [-0.2, 0) is 29.1 Å². The summed E-state index contributed by atoms with van der Waals surface area (Å²) in [6, 6.07) is 11.3. The lowest BCUT2D eigenvalue weighted by molar-refractivity contribution is -0.146. The van der Waals surface area contributed by atoms with Crippen molar-refractivity contribution in [3.63, 3.8) is 0 Å². The highest BCUT2D eigenvalue weighted by atomic mass is 32.2. The van der Waals surface area contributed by atoms with Gasteiger partial charge in [-0.2, -0.15) is 4.31 Å². The number of anilines is 1. The lowest BCUT2D eigenvalue weighted by atomic mass is 10.1. The molecular weight excluding hydrogens is 462 g/mol. The van der Waals surface area contributed by atoms with E-state index in [9.17, 15) is 22.8 Å². The lowest BCUT2D eigenvalue weighted by Crippen LogP contribution is -2.40. The molecule has 0 aromatic heterocycles. The van der Waals surface area contributed by atoms with Crippen LogP contribution in [0.25, 0.3) is 0 Å². The molecule has 0 aliphatic carbocycles. The van der Waals surface area contributed by atoms with Crippen LogP contribution < -0.4 is 10.6 Å². The van der Waals surface area contributed by atoms with E-state index in [0.717, 1.165) is 5.56 Å². The molecule has 1 heterocycles. The van der Waals surface area contributed by atoms with Crippen molar-refractivity contribution in [2.45, 2.75) is 18.7 Å². The van der Waals surface area contributed by atoms with Gasteiger partial charge in [0.05, 0.1) is 18.1 Å². The maximum atomic E-state index is 12.9. The Morgan fingerprint density at radius 3 is 2.38 bits per heavy atom. The van der Waals surface area contributed by atoms with E-state index in [0.29, 0.717) is 30.0 Å². The van der Waals surface area contributed by atoms with Crippen molar-refractivity contribution in [1.29, 1.82) is 0 Å². The van der Waals surface area contributed by atoms with E-state index in [4.69, 9.17) is 9.47 Å². The second-order valence-corrected chi connectivity index (χ2v) is 9.69. The second-order valence-electron chi connectivity index (χ2n) is 7.75. The summed E-state index contributed by atoms with van der Waals surface area (Å²) in [5.41, 5.74) is 2.34. The number of carbonyl (C=O) groups excluding carboxylic acids is 3. The number of amides is 2. The molecule has 1 aliphatic rings. The predicted octanol–water partition coefficient (Wildman–Crippen LogP) is 1.24. The van der Waals surface area contributed by atoms with E-state index in [-0.39, 0.29) is 18.0 Å². The number of nitrogens with zero attached hydrogens (tertiary/aromatic N) is 1. The number of hydrogen-bond acceptors (Lipinski definition) is 7. The number of carbonyl (C=O) groups is 3. The average molecular weight is 490 g/mol. The molecule has 2 N–H and O–H groups in total. The van der Waals surface area contributed by atoms with Crippen LogP contribution in [-0.4, -0.2) is 70.0 Å². The molecular formula is C23H27N3O7S. The lowest BCUT2D eigenvalue weighted by Gasteiger charge is -2.26. The summed E-state index contributed by atoms with van der Waals surface area (Å²) in [6.07, 6.45) is 0. The van der Waals surface area contributed by atoms with Crippen molar-refractivity contribution in [3.05, 3.63) is 59.2 Å². The van der Waals surface area contributed by atoms with E-state index in [1.807, 2.05) is 6.92 Å². The Morgan fingerprint density at radius 1 is 1.03 bits per heavy atom. The molecule has 0 atom stereocenters. The Balaban J connectivity index is 1.52. The molecule has 182 valence electrons. The summed E-state index contributed by atoms with van der Waals surface area (Å²) in [7, 11) is -3.73. The van der Waals surface area contributed by atoms with Gasteiger partial charge < -0.3 is 20.1 Å². The van der Waals surface area contributed by atoms with E-state index in [2.05, 4.69) is 10.6 Å². The molecule has 0 unspecified atom stereocenters. The van der Waals surface area contributed by atoms with Crippen LogP contribution in [0.4, 0.5) is 5.69 Å². The van der Waals surface area contributed by atoms with Crippen LogP contribution in [0.1, 0.15) is 21.5 Å². The summed E-state index contributed by atoms with van der Waals surface area (Å²) in [6.45, 7) is 3.79. The van der Waals surface area contributed by atoms with E-state index >= 15 is 0 Å². The number of aryl methyl sites for hydroxylation is 2. The normalized spacial score (nSPS) is 14.3. The largest absolute Gasteiger partial charge is 0.454 e. The van der Waals surface area contributed by atoms with Crippen LogP contribution in [0, 0.1) is 13.8 Å². The zero-order chi connectivity index (χ0) is 24.7. The first kappa shape index (κ1) is 25.3. The summed E-state index contributed by atoms with van der Waals surface area (Å²) < 4.78 is 37.1. The number of benzene rings is 2. The maximum absolute atomic E-state index is 12.9. The number of rotatable bonds is 8. The fraction of sp³-hybridized carbons (Fsp3) is 0.348. The third kappa shape index (κ3) is 6.62. The molecule has 0 spiro atoms. The number of esters is 1. The Labute approximate surface area is 198 Å². The minimum Gasteiger partial charge on any atom is -0.454 e.